The van der Waals surface area contributed by atoms with Gasteiger partial charge in [0.2, 0.25) is 11.8 Å². The summed E-state index contributed by atoms with van der Waals surface area (Å²) in [4.78, 5) is 25.2. The Morgan fingerprint density at radius 2 is 1.92 bits per heavy atom. The van der Waals surface area contributed by atoms with Crippen LogP contribution < -0.4 is 10.2 Å². The van der Waals surface area contributed by atoms with Gasteiger partial charge in [-0.1, -0.05) is 29.3 Å². The summed E-state index contributed by atoms with van der Waals surface area (Å²) in [5.74, 6) is 0.265. The van der Waals surface area contributed by atoms with Gasteiger partial charge in [-0.3, -0.25) is 14.5 Å². The lowest BCUT2D eigenvalue weighted by atomic mass is 10.1. The van der Waals surface area contributed by atoms with E-state index in [4.69, 9.17) is 23.2 Å². The van der Waals surface area contributed by atoms with Gasteiger partial charge in [0, 0.05) is 33.9 Å². The highest BCUT2D eigenvalue weighted by atomic mass is 35.5. The molecule has 0 spiro atoms. The van der Waals surface area contributed by atoms with Gasteiger partial charge in [-0.15, -0.1) is 11.8 Å². The fraction of sp³-hybridized carbons (Fsp3) is 0.176. The van der Waals surface area contributed by atoms with Crippen LogP contribution in [-0.4, -0.2) is 17.6 Å². The summed E-state index contributed by atoms with van der Waals surface area (Å²) in [7, 11) is 0. The minimum atomic E-state index is -0.200. The van der Waals surface area contributed by atoms with E-state index < -0.39 is 0 Å². The van der Waals surface area contributed by atoms with Gasteiger partial charge >= 0.3 is 0 Å². The molecule has 0 aliphatic carbocycles. The van der Waals surface area contributed by atoms with Crippen molar-refractivity contribution in [2.45, 2.75) is 12.3 Å². The third-order valence-electron chi connectivity index (χ3n) is 3.56. The highest BCUT2D eigenvalue weighted by molar-refractivity contribution is 8.00. The number of benzene rings is 2. The van der Waals surface area contributed by atoms with Crippen LogP contribution in [0.2, 0.25) is 10.0 Å². The maximum atomic E-state index is 12.4. The number of halogens is 2. The van der Waals surface area contributed by atoms with Gasteiger partial charge in [0.1, 0.15) is 5.37 Å². The number of rotatable bonds is 3. The minimum absolute atomic E-state index is 0.0169. The van der Waals surface area contributed by atoms with E-state index in [1.807, 2.05) is 18.2 Å². The zero-order valence-electron chi connectivity index (χ0n) is 12.8. The van der Waals surface area contributed by atoms with Crippen LogP contribution >= 0.6 is 35.0 Å². The third-order valence-corrected chi connectivity index (χ3v) is 5.32. The summed E-state index contributed by atoms with van der Waals surface area (Å²) < 4.78 is 0. The first-order valence-electron chi connectivity index (χ1n) is 7.22. The predicted octanol–water partition coefficient (Wildman–Crippen LogP) is 4.73. The molecule has 0 unspecified atom stereocenters. The summed E-state index contributed by atoms with van der Waals surface area (Å²) in [5, 5.41) is 3.60. The minimum Gasteiger partial charge on any atom is -0.326 e. The largest absolute Gasteiger partial charge is 0.326 e. The topological polar surface area (TPSA) is 49.4 Å². The van der Waals surface area contributed by atoms with Gasteiger partial charge in [0.05, 0.1) is 5.75 Å². The fourth-order valence-corrected chi connectivity index (χ4v) is 4.33. The van der Waals surface area contributed by atoms with Crippen LogP contribution in [0.4, 0.5) is 11.4 Å². The maximum absolute atomic E-state index is 12.4. The first-order chi connectivity index (χ1) is 11.5. The van der Waals surface area contributed by atoms with Crippen molar-refractivity contribution in [1.29, 1.82) is 0 Å². The second-order valence-electron chi connectivity index (χ2n) is 5.32. The molecule has 1 aliphatic heterocycles. The molecule has 7 heteroatoms. The van der Waals surface area contributed by atoms with E-state index in [9.17, 15) is 9.59 Å². The van der Waals surface area contributed by atoms with Crippen molar-refractivity contribution in [3.8, 4) is 0 Å². The molecule has 24 heavy (non-hydrogen) atoms. The van der Waals surface area contributed by atoms with Gasteiger partial charge < -0.3 is 5.32 Å². The predicted molar refractivity (Wildman–Crippen MR) is 99.9 cm³/mol. The van der Waals surface area contributed by atoms with Crippen molar-refractivity contribution >= 4 is 58.2 Å². The average Bonchev–Trinajstić information content (AvgIpc) is 2.89. The number of amides is 2. The van der Waals surface area contributed by atoms with Crippen molar-refractivity contribution in [3.05, 3.63) is 58.1 Å². The number of nitrogens with zero attached hydrogens (tertiary/aromatic N) is 1. The molecule has 0 saturated carbocycles. The first-order valence-corrected chi connectivity index (χ1v) is 9.02. The SMILES string of the molecule is CC(=O)Nc1ccc(N2C(=O)CS[C@H]2c2ccc(Cl)cc2Cl)cc1. The summed E-state index contributed by atoms with van der Waals surface area (Å²) in [6.07, 6.45) is 0. The Bertz CT molecular complexity index is 796. The highest BCUT2D eigenvalue weighted by Gasteiger charge is 2.35. The van der Waals surface area contributed by atoms with Crippen LogP contribution in [0, 0.1) is 0 Å². The van der Waals surface area contributed by atoms with E-state index in [-0.39, 0.29) is 17.2 Å². The molecule has 1 fully saturated rings. The van der Waals surface area contributed by atoms with Crippen LogP contribution in [0.3, 0.4) is 0 Å². The lowest BCUT2D eigenvalue weighted by molar-refractivity contribution is -0.116. The van der Waals surface area contributed by atoms with Gasteiger partial charge in [-0.25, -0.2) is 0 Å². The number of hydrogen-bond donors (Lipinski definition) is 1. The lowest BCUT2D eigenvalue weighted by Gasteiger charge is -2.25. The first kappa shape index (κ1) is 17.1. The fourth-order valence-electron chi connectivity index (χ4n) is 2.54. The molecule has 0 aromatic heterocycles. The Labute approximate surface area is 154 Å². The maximum Gasteiger partial charge on any atom is 0.238 e. The molecule has 124 valence electrons. The Hall–Kier alpha value is -1.69. The molecule has 1 N–H and O–H groups in total. The number of thioether (sulfide) groups is 1. The number of anilines is 2. The molecule has 2 aromatic rings. The standard InChI is InChI=1S/C17H14Cl2N2O2S/c1-10(22)20-12-3-5-13(6-4-12)21-16(23)9-24-17(21)14-7-2-11(18)8-15(14)19/h2-8,17H,9H2,1H3,(H,20,22)/t17-/m0/s1. The quantitative estimate of drug-likeness (QED) is 0.836. The van der Waals surface area contributed by atoms with Crippen LogP contribution in [0.5, 0.6) is 0 Å². The Morgan fingerprint density at radius 3 is 2.54 bits per heavy atom. The zero-order valence-corrected chi connectivity index (χ0v) is 15.1. The molecule has 1 saturated heterocycles. The molecule has 0 bridgehead atoms. The second-order valence-corrected chi connectivity index (χ2v) is 7.23. The van der Waals surface area contributed by atoms with Crippen molar-refractivity contribution in [2.75, 3.05) is 16.0 Å². The van der Waals surface area contributed by atoms with E-state index in [1.165, 1.54) is 18.7 Å². The van der Waals surface area contributed by atoms with Gasteiger partial charge in [0.15, 0.2) is 0 Å². The van der Waals surface area contributed by atoms with E-state index in [0.29, 0.717) is 21.5 Å². The average molecular weight is 381 g/mol. The smallest absolute Gasteiger partial charge is 0.238 e. The molecule has 1 aliphatic rings. The molecule has 4 nitrogen and oxygen atoms in total. The molecular weight excluding hydrogens is 367 g/mol. The van der Waals surface area contributed by atoms with Crippen molar-refractivity contribution < 1.29 is 9.59 Å². The molecule has 0 radical (unpaired) electrons. The molecule has 1 heterocycles. The monoisotopic (exact) mass is 380 g/mol. The van der Waals surface area contributed by atoms with Gasteiger partial charge in [-0.05, 0) is 36.4 Å². The van der Waals surface area contributed by atoms with Crippen molar-refractivity contribution in [3.63, 3.8) is 0 Å². The lowest BCUT2D eigenvalue weighted by Crippen LogP contribution is -2.27. The second kappa shape index (κ2) is 7.05. The van der Waals surface area contributed by atoms with Crippen LogP contribution in [0.1, 0.15) is 17.9 Å². The molecule has 1 atom stereocenters. The molecule has 3 rings (SSSR count). The summed E-state index contributed by atoms with van der Waals surface area (Å²) in [5.41, 5.74) is 2.30. The zero-order chi connectivity index (χ0) is 17.3. The van der Waals surface area contributed by atoms with Crippen molar-refractivity contribution in [2.24, 2.45) is 0 Å². The molecule has 2 amide bonds. The number of hydrogen-bond acceptors (Lipinski definition) is 3. The Kier molecular flexibility index (Phi) is 5.04. The number of carbonyl (C=O) groups is 2. The van der Waals surface area contributed by atoms with Crippen LogP contribution in [-0.2, 0) is 9.59 Å². The normalized spacial score (nSPS) is 17.2. The summed E-state index contributed by atoms with van der Waals surface area (Å²) in [6.45, 7) is 1.45. The summed E-state index contributed by atoms with van der Waals surface area (Å²) in [6, 6.07) is 12.5. The molecule has 2 aromatic carbocycles. The number of nitrogens with one attached hydrogen (secondary N) is 1. The van der Waals surface area contributed by atoms with E-state index >= 15 is 0 Å². The Morgan fingerprint density at radius 1 is 1.21 bits per heavy atom. The van der Waals surface area contributed by atoms with Crippen LogP contribution in [0.25, 0.3) is 0 Å². The summed E-state index contributed by atoms with van der Waals surface area (Å²) >= 11 is 13.8. The van der Waals surface area contributed by atoms with Gasteiger partial charge in [-0.2, -0.15) is 0 Å². The highest BCUT2D eigenvalue weighted by Crippen LogP contribution is 2.44. The molecular formula is C17H14Cl2N2O2S. The Balaban J connectivity index is 1.92. The van der Waals surface area contributed by atoms with E-state index in [2.05, 4.69) is 5.32 Å². The van der Waals surface area contributed by atoms with Gasteiger partial charge in [0.25, 0.3) is 0 Å². The number of carbonyl (C=O) groups excluding carboxylic acids is 2. The van der Waals surface area contributed by atoms with E-state index in [1.54, 1.807) is 29.2 Å². The third kappa shape index (κ3) is 3.53. The van der Waals surface area contributed by atoms with E-state index in [0.717, 1.165) is 11.3 Å². The van der Waals surface area contributed by atoms with Crippen molar-refractivity contribution in [1.82, 2.24) is 0 Å². The van der Waals surface area contributed by atoms with Crippen LogP contribution in [0.15, 0.2) is 42.5 Å².